The molecule has 0 aliphatic heterocycles. The Kier molecular flexibility index (Phi) is 2.85. The molecule has 14 heavy (non-hydrogen) atoms. The number of hydrogen-bond acceptors (Lipinski definition) is 3. The zero-order chi connectivity index (χ0) is 10.9. The second-order valence-corrected chi connectivity index (χ2v) is 2.79. The van der Waals surface area contributed by atoms with Crippen LogP contribution < -0.4 is 5.73 Å². The van der Waals surface area contributed by atoms with Crippen LogP contribution in [0.15, 0.2) is 6.20 Å². The van der Waals surface area contributed by atoms with Crippen LogP contribution in [0.4, 0.5) is 14.5 Å². The number of rotatable bonds is 2. The van der Waals surface area contributed by atoms with Crippen molar-refractivity contribution in [3.8, 4) is 0 Å². The number of anilines is 1. The van der Waals surface area contributed by atoms with Gasteiger partial charge in [-0.05, 0) is 0 Å². The number of aromatic carboxylic acids is 1. The van der Waals surface area contributed by atoms with Crippen LogP contribution in [0.5, 0.6) is 0 Å². The SMILES string of the molecule is Nc1c(C(F)F)ncc(Cl)c1C(=O)O. The molecule has 0 bridgehead atoms. The van der Waals surface area contributed by atoms with Crippen molar-refractivity contribution in [2.24, 2.45) is 0 Å². The fourth-order valence-corrected chi connectivity index (χ4v) is 1.14. The normalized spacial score (nSPS) is 10.6. The van der Waals surface area contributed by atoms with Crippen LogP contribution in [-0.2, 0) is 0 Å². The summed E-state index contributed by atoms with van der Waals surface area (Å²) in [5, 5.41) is 8.35. The molecule has 1 aromatic heterocycles. The molecule has 0 unspecified atom stereocenters. The molecule has 7 heteroatoms. The third-order valence-electron chi connectivity index (χ3n) is 1.52. The maximum atomic E-state index is 12.2. The molecule has 1 rings (SSSR count). The topological polar surface area (TPSA) is 76.2 Å². The van der Waals surface area contributed by atoms with Crippen molar-refractivity contribution < 1.29 is 18.7 Å². The van der Waals surface area contributed by atoms with E-state index in [2.05, 4.69) is 4.98 Å². The summed E-state index contributed by atoms with van der Waals surface area (Å²) in [7, 11) is 0. The summed E-state index contributed by atoms with van der Waals surface area (Å²) in [6.45, 7) is 0. The number of nitrogens with two attached hydrogens (primary N) is 1. The maximum Gasteiger partial charge on any atom is 0.339 e. The average molecular weight is 223 g/mol. The zero-order valence-corrected chi connectivity index (χ0v) is 7.42. The van der Waals surface area contributed by atoms with E-state index < -0.39 is 29.3 Å². The third-order valence-corrected chi connectivity index (χ3v) is 1.81. The largest absolute Gasteiger partial charge is 0.478 e. The zero-order valence-electron chi connectivity index (χ0n) is 6.67. The first-order chi connectivity index (χ1) is 6.45. The van der Waals surface area contributed by atoms with Crippen LogP contribution in [0.25, 0.3) is 0 Å². The summed E-state index contributed by atoms with van der Waals surface area (Å²) < 4.78 is 24.4. The number of nitrogens with zero attached hydrogens (tertiary/aromatic N) is 1. The number of aromatic nitrogens is 1. The van der Waals surface area contributed by atoms with Crippen LogP contribution >= 0.6 is 11.6 Å². The van der Waals surface area contributed by atoms with E-state index in [1.165, 1.54) is 0 Å². The minimum absolute atomic E-state index is 0.264. The molecular formula is C7H5ClF2N2O2. The lowest BCUT2D eigenvalue weighted by Crippen LogP contribution is -2.08. The molecule has 0 saturated heterocycles. The van der Waals surface area contributed by atoms with Crippen molar-refractivity contribution in [2.45, 2.75) is 6.43 Å². The van der Waals surface area contributed by atoms with E-state index in [1.807, 2.05) is 0 Å². The quantitative estimate of drug-likeness (QED) is 0.802. The van der Waals surface area contributed by atoms with E-state index in [0.29, 0.717) is 0 Å². The van der Waals surface area contributed by atoms with Gasteiger partial charge in [0.25, 0.3) is 6.43 Å². The number of carboxylic acid groups (broad SMARTS) is 1. The number of pyridine rings is 1. The van der Waals surface area contributed by atoms with E-state index in [-0.39, 0.29) is 5.02 Å². The molecule has 3 N–H and O–H groups in total. The number of carboxylic acids is 1. The van der Waals surface area contributed by atoms with E-state index >= 15 is 0 Å². The molecule has 0 fully saturated rings. The van der Waals surface area contributed by atoms with Crippen molar-refractivity contribution in [1.29, 1.82) is 0 Å². The van der Waals surface area contributed by atoms with Gasteiger partial charge in [-0.3, -0.25) is 4.98 Å². The Bertz CT molecular complexity index is 384. The Labute approximate surface area is 82.3 Å². The van der Waals surface area contributed by atoms with Gasteiger partial charge in [-0.15, -0.1) is 0 Å². The minimum atomic E-state index is -2.93. The van der Waals surface area contributed by atoms with Crippen molar-refractivity contribution >= 4 is 23.3 Å². The highest BCUT2D eigenvalue weighted by Gasteiger charge is 2.21. The van der Waals surface area contributed by atoms with Gasteiger partial charge < -0.3 is 10.8 Å². The van der Waals surface area contributed by atoms with Gasteiger partial charge in [0.1, 0.15) is 11.3 Å². The first-order valence-corrected chi connectivity index (χ1v) is 3.78. The van der Waals surface area contributed by atoms with Crippen LogP contribution in [0.2, 0.25) is 5.02 Å². The molecule has 0 amide bonds. The van der Waals surface area contributed by atoms with E-state index in [0.717, 1.165) is 6.20 Å². The molecule has 0 spiro atoms. The van der Waals surface area contributed by atoms with Gasteiger partial charge in [0, 0.05) is 6.20 Å². The number of alkyl halides is 2. The van der Waals surface area contributed by atoms with Crippen LogP contribution in [-0.4, -0.2) is 16.1 Å². The highest BCUT2D eigenvalue weighted by atomic mass is 35.5. The number of halogens is 3. The molecule has 0 aliphatic carbocycles. The first-order valence-electron chi connectivity index (χ1n) is 3.40. The van der Waals surface area contributed by atoms with Gasteiger partial charge in [-0.2, -0.15) is 0 Å². The van der Waals surface area contributed by atoms with Gasteiger partial charge in [-0.1, -0.05) is 11.6 Å². The standard InChI is InChI=1S/C7H5ClF2N2O2/c8-2-1-12-5(6(9)10)4(11)3(2)7(13)14/h1,6H,11H2,(H,13,14). The molecule has 0 aliphatic rings. The summed E-state index contributed by atoms with van der Waals surface area (Å²) in [6, 6.07) is 0. The predicted molar refractivity (Wildman–Crippen MR) is 45.6 cm³/mol. The lowest BCUT2D eigenvalue weighted by atomic mass is 10.2. The second kappa shape index (κ2) is 3.75. The summed E-state index contributed by atoms with van der Waals surface area (Å²) in [4.78, 5) is 13.8. The molecule has 1 aromatic rings. The van der Waals surface area contributed by atoms with Crippen molar-refractivity contribution in [3.05, 3.63) is 22.5 Å². The van der Waals surface area contributed by atoms with Crippen LogP contribution in [0, 0.1) is 0 Å². The minimum Gasteiger partial charge on any atom is -0.478 e. The van der Waals surface area contributed by atoms with E-state index in [9.17, 15) is 13.6 Å². The second-order valence-electron chi connectivity index (χ2n) is 2.39. The fraction of sp³-hybridized carbons (Fsp3) is 0.143. The molecule has 0 atom stereocenters. The van der Waals surface area contributed by atoms with Crippen molar-refractivity contribution in [2.75, 3.05) is 5.73 Å². The molecule has 0 radical (unpaired) electrons. The van der Waals surface area contributed by atoms with Gasteiger partial charge in [0.2, 0.25) is 0 Å². The lowest BCUT2D eigenvalue weighted by Gasteiger charge is -2.07. The van der Waals surface area contributed by atoms with E-state index in [4.69, 9.17) is 22.4 Å². The van der Waals surface area contributed by atoms with Gasteiger partial charge >= 0.3 is 5.97 Å². The average Bonchev–Trinajstić information content (AvgIpc) is 2.02. The van der Waals surface area contributed by atoms with Crippen LogP contribution in [0.1, 0.15) is 22.5 Å². The lowest BCUT2D eigenvalue weighted by molar-refractivity contribution is 0.0697. The molecule has 1 heterocycles. The first kappa shape index (κ1) is 10.6. The van der Waals surface area contributed by atoms with Gasteiger partial charge in [0.05, 0.1) is 10.7 Å². The Balaban J connectivity index is 3.41. The van der Waals surface area contributed by atoms with Crippen molar-refractivity contribution in [1.82, 2.24) is 4.98 Å². The number of nitrogen functional groups attached to an aromatic ring is 1. The Morgan fingerprint density at radius 2 is 2.21 bits per heavy atom. The predicted octanol–water partition coefficient (Wildman–Crippen LogP) is 1.95. The Hall–Kier alpha value is -1.43. The summed E-state index contributed by atoms with van der Waals surface area (Å²) in [5.74, 6) is -1.46. The number of carbonyl (C=O) groups is 1. The van der Waals surface area contributed by atoms with E-state index in [1.54, 1.807) is 0 Å². The number of hydrogen-bond donors (Lipinski definition) is 2. The van der Waals surface area contributed by atoms with Crippen LogP contribution in [0.3, 0.4) is 0 Å². The summed E-state index contributed by atoms with van der Waals surface area (Å²) in [6.07, 6.45) is -2.09. The van der Waals surface area contributed by atoms with Gasteiger partial charge in [-0.25, -0.2) is 13.6 Å². The summed E-state index contributed by atoms with van der Waals surface area (Å²) in [5.41, 5.74) is 3.27. The highest BCUT2D eigenvalue weighted by Crippen LogP contribution is 2.29. The maximum absolute atomic E-state index is 12.2. The fourth-order valence-electron chi connectivity index (χ4n) is 0.908. The molecular weight excluding hydrogens is 218 g/mol. The highest BCUT2D eigenvalue weighted by molar-refractivity contribution is 6.34. The smallest absolute Gasteiger partial charge is 0.339 e. The monoisotopic (exact) mass is 222 g/mol. The molecule has 0 aromatic carbocycles. The third kappa shape index (κ3) is 1.74. The Morgan fingerprint density at radius 1 is 1.64 bits per heavy atom. The Morgan fingerprint density at radius 3 is 2.64 bits per heavy atom. The molecule has 0 saturated carbocycles. The summed E-state index contributed by atoms with van der Waals surface area (Å²) >= 11 is 5.43. The molecule has 4 nitrogen and oxygen atoms in total. The van der Waals surface area contributed by atoms with Crippen molar-refractivity contribution in [3.63, 3.8) is 0 Å². The molecule has 76 valence electrons. The van der Waals surface area contributed by atoms with Gasteiger partial charge in [0.15, 0.2) is 0 Å².